The predicted molar refractivity (Wildman–Crippen MR) is 148 cm³/mol. The van der Waals surface area contributed by atoms with Crippen LogP contribution in [0.4, 0.5) is 10.2 Å². The van der Waals surface area contributed by atoms with E-state index in [0.717, 1.165) is 36.7 Å². The Bertz CT molecular complexity index is 1650. The van der Waals surface area contributed by atoms with Crippen LogP contribution in [0.3, 0.4) is 0 Å². The highest BCUT2D eigenvalue weighted by Gasteiger charge is 2.34. The number of hydrogen-bond acceptors (Lipinski definition) is 8. The van der Waals surface area contributed by atoms with Gasteiger partial charge in [0.1, 0.15) is 23.7 Å². The average Bonchev–Trinajstić information content (AvgIpc) is 3.47. The minimum atomic E-state index is -0.537. The molecule has 0 saturated carbocycles. The van der Waals surface area contributed by atoms with Crippen LogP contribution in [0.1, 0.15) is 25.7 Å². The standard InChI is InChI=1S/C30H28FN5O4/c31-27-22(24-14-20(37)13-17-3-1-2-4-21(17)24)7-8-23-28(27)33-30(40-12-11-36-25(38)9-10-26(36)39)34-29(23)35-15-18-5-6-19(16-35)32-18/h1-4,7-8,13-14,18-19,32,37H,5-6,9-12,15-16H2/t18-,19+. The fraction of sp³-hybridized carbons (Fsp3) is 0.333. The Morgan fingerprint density at radius 1 is 0.950 bits per heavy atom. The summed E-state index contributed by atoms with van der Waals surface area (Å²) in [6.07, 6.45) is 2.57. The Morgan fingerprint density at radius 2 is 1.70 bits per heavy atom. The molecule has 4 heterocycles. The van der Waals surface area contributed by atoms with Gasteiger partial charge in [-0.2, -0.15) is 9.97 Å². The molecule has 2 amide bonds. The fourth-order valence-corrected chi connectivity index (χ4v) is 6.23. The number of aromatic hydroxyl groups is 1. The molecule has 10 heteroatoms. The summed E-state index contributed by atoms with van der Waals surface area (Å²) in [5.74, 6) is -0.344. The van der Waals surface area contributed by atoms with Gasteiger partial charge in [0.25, 0.3) is 0 Å². The number of rotatable bonds is 6. The van der Waals surface area contributed by atoms with Crippen molar-refractivity contribution in [3.05, 3.63) is 54.3 Å². The molecule has 9 nitrogen and oxygen atoms in total. The second-order valence-corrected chi connectivity index (χ2v) is 10.7. The molecule has 3 aliphatic rings. The number of nitrogens with zero attached hydrogens (tertiary/aromatic N) is 4. The normalized spacial score (nSPS) is 20.7. The number of phenols is 1. The molecule has 2 bridgehead atoms. The molecule has 2 atom stereocenters. The van der Waals surface area contributed by atoms with Gasteiger partial charge in [-0.3, -0.25) is 14.5 Å². The van der Waals surface area contributed by atoms with E-state index in [1.54, 1.807) is 18.2 Å². The number of piperazine rings is 1. The van der Waals surface area contributed by atoms with Gasteiger partial charge in [0, 0.05) is 49.0 Å². The summed E-state index contributed by atoms with van der Waals surface area (Å²) < 4.78 is 22.3. The monoisotopic (exact) mass is 541 g/mol. The number of imide groups is 1. The highest BCUT2D eigenvalue weighted by Crippen LogP contribution is 2.38. The number of aromatic nitrogens is 2. The minimum Gasteiger partial charge on any atom is -0.508 e. The number of likely N-dealkylation sites (tertiary alicyclic amines) is 1. The fourth-order valence-electron chi connectivity index (χ4n) is 6.23. The number of ether oxygens (including phenoxy) is 1. The van der Waals surface area contributed by atoms with Gasteiger partial charge in [-0.05, 0) is 47.4 Å². The zero-order chi connectivity index (χ0) is 27.4. The zero-order valence-corrected chi connectivity index (χ0v) is 21.8. The first-order chi connectivity index (χ1) is 19.4. The van der Waals surface area contributed by atoms with Gasteiger partial charge >= 0.3 is 6.01 Å². The maximum Gasteiger partial charge on any atom is 0.319 e. The molecule has 3 aliphatic heterocycles. The minimum absolute atomic E-state index is 0.00768. The number of fused-ring (bicyclic) bond motifs is 4. The summed E-state index contributed by atoms with van der Waals surface area (Å²) in [5.41, 5.74) is 0.983. The number of amides is 2. The van der Waals surface area contributed by atoms with Crippen molar-refractivity contribution in [3.8, 4) is 22.9 Å². The first-order valence-corrected chi connectivity index (χ1v) is 13.6. The largest absolute Gasteiger partial charge is 0.508 e. The highest BCUT2D eigenvalue weighted by atomic mass is 19.1. The van der Waals surface area contributed by atoms with Gasteiger partial charge in [0.15, 0.2) is 5.82 Å². The lowest BCUT2D eigenvalue weighted by molar-refractivity contribution is -0.138. The first kappa shape index (κ1) is 24.7. The number of phenolic OH excluding ortho intramolecular Hbond substituents is 1. The lowest BCUT2D eigenvalue weighted by Gasteiger charge is -2.34. The SMILES string of the molecule is O=C1CCC(=O)N1CCOc1nc(N2C[C@H]3CC[C@@H](C2)N3)c2ccc(-c3cc(O)cc4ccccc34)c(F)c2n1. The zero-order valence-electron chi connectivity index (χ0n) is 21.8. The number of nitrogens with one attached hydrogen (secondary N) is 1. The number of carbonyl (C=O) groups excluding carboxylic acids is 2. The van der Waals surface area contributed by atoms with Crippen LogP contribution in [-0.4, -0.2) is 70.1 Å². The maximum absolute atomic E-state index is 16.4. The van der Waals surface area contributed by atoms with Crippen LogP contribution in [0.15, 0.2) is 48.5 Å². The van der Waals surface area contributed by atoms with Crippen LogP contribution < -0.4 is 15.0 Å². The third-order valence-corrected chi connectivity index (χ3v) is 8.12. The Morgan fingerprint density at radius 3 is 2.48 bits per heavy atom. The van der Waals surface area contributed by atoms with Crippen molar-refractivity contribution in [2.45, 2.75) is 37.8 Å². The molecule has 7 rings (SSSR count). The molecule has 0 unspecified atom stereocenters. The molecule has 40 heavy (non-hydrogen) atoms. The van der Waals surface area contributed by atoms with E-state index >= 15 is 4.39 Å². The van der Waals surface area contributed by atoms with E-state index in [1.165, 1.54) is 4.90 Å². The Kier molecular flexibility index (Phi) is 6.00. The van der Waals surface area contributed by atoms with E-state index in [2.05, 4.69) is 15.2 Å². The average molecular weight is 542 g/mol. The summed E-state index contributed by atoms with van der Waals surface area (Å²) >= 11 is 0. The van der Waals surface area contributed by atoms with Crippen molar-refractivity contribution in [2.24, 2.45) is 0 Å². The van der Waals surface area contributed by atoms with Crippen LogP contribution in [-0.2, 0) is 9.59 Å². The van der Waals surface area contributed by atoms with Crippen LogP contribution in [0.5, 0.6) is 11.8 Å². The van der Waals surface area contributed by atoms with Gasteiger partial charge in [-0.1, -0.05) is 30.3 Å². The smallest absolute Gasteiger partial charge is 0.319 e. The number of carbonyl (C=O) groups is 2. The van der Waals surface area contributed by atoms with Gasteiger partial charge in [-0.15, -0.1) is 0 Å². The predicted octanol–water partition coefficient (Wildman–Crippen LogP) is 3.76. The van der Waals surface area contributed by atoms with E-state index in [-0.39, 0.29) is 55.1 Å². The van der Waals surface area contributed by atoms with E-state index < -0.39 is 5.82 Å². The molecular formula is C30H28FN5O4. The van der Waals surface area contributed by atoms with Gasteiger partial charge in [0.2, 0.25) is 11.8 Å². The number of benzene rings is 3. The molecule has 4 aromatic rings. The molecular weight excluding hydrogens is 513 g/mol. The Labute approximate surface area is 229 Å². The maximum atomic E-state index is 16.4. The van der Waals surface area contributed by atoms with Crippen LogP contribution in [0.25, 0.3) is 32.8 Å². The van der Waals surface area contributed by atoms with Crippen molar-refractivity contribution < 1.29 is 23.8 Å². The van der Waals surface area contributed by atoms with Crippen molar-refractivity contribution in [1.29, 1.82) is 0 Å². The van der Waals surface area contributed by atoms with Gasteiger partial charge in [0.05, 0.1) is 6.54 Å². The van der Waals surface area contributed by atoms with Crippen molar-refractivity contribution in [1.82, 2.24) is 20.2 Å². The molecule has 1 aromatic heterocycles. The summed E-state index contributed by atoms with van der Waals surface area (Å²) in [5, 5.41) is 16.2. The van der Waals surface area contributed by atoms with Gasteiger partial charge in [-0.25, -0.2) is 4.39 Å². The summed E-state index contributed by atoms with van der Waals surface area (Å²) in [6.45, 7) is 1.57. The second kappa shape index (κ2) is 9.71. The van der Waals surface area contributed by atoms with E-state index in [9.17, 15) is 14.7 Å². The number of hydrogen-bond donors (Lipinski definition) is 2. The van der Waals surface area contributed by atoms with E-state index in [0.29, 0.717) is 34.4 Å². The van der Waals surface area contributed by atoms with Crippen molar-refractivity contribution >= 4 is 39.3 Å². The molecule has 2 N–H and O–H groups in total. The summed E-state index contributed by atoms with van der Waals surface area (Å²) in [6, 6.07) is 14.9. The van der Waals surface area contributed by atoms with Crippen LogP contribution in [0, 0.1) is 5.82 Å². The molecule has 0 radical (unpaired) electrons. The molecule has 0 spiro atoms. The molecule has 204 valence electrons. The summed E-state index contributed by atoms with van der Waals surface area (Å²) in [4.78, 5) is 36.5. The van der Waals surface area contributed by atoms with Crippen molar-refractivity contribution in [2.75, 3.05) is 31.1 Å². The molecule has 3 fully saturated rings. The third-order valence-electron chi connectivity index (χ3n) is 8.12. The van der Waals surface area contributed by atoms with Crippen molar-refractivity contribution in [3.63, 3.8) is 0 Å². The highest BCUT2D eigenvalue weighted by molar-refractivity contribution is 6.02. The topological polar surface area (TPSA) is 108 Å². The third kappa shape index (κ3) is 4.28. The molecule has 3 saturated heterocycles. The Balaban J connectivity index is 1.31. The Hall–Kier alpha value is -4.31. The lowest BCUT2D eigenvalue weighted by Crippen LogP contribution is -2.51. The molecule has 3 aromatic carbocycles. The van der Waals surface area contributed by atoms with Crippen LogP contribution >= 0.6 is 0 Å². The number of anilines is 1. The second-order valence-electron chi connectivity index (χ2n) is 10.7. The summed E-state index contributed by atoms with van der Waals surface area (Å²) in [7, 11) is 0. The van der Waals surface area contributed by atoms with E-state index in [1.807, 2.05) is 30.3 Å². The van der Waals surface area contributed by atoms with Crippen LogP contribution in [0.2, 0.25) is 0 Å². The first-order valence-electron chi connectivity index (χ1n) is 13.6. The molecule has 0 aliphatic carbocycles. The number of halogens is 1. The van der Waals surface area contributed by atoms with Gasteiger partial charge < -0.3 is 20.1 Å². The quantitative estimate of drug-likeness (QED) is 0.356. The lowest BCUT2D eigenvalue weighted by atomic mass is 9.96. The van der Waals surface area contributed by atoms with E-state index in [4.69, 9.17) is 9.72 Å².